The average molecular weight is 486 g/mol. The molecule has 0 amide bonds. The Bertz CT molecular complexity index is 1440. The summed E-state index contributed by atoms with van der Waals surface area (Å²) < 4.78 is 25.1. The van der Waals surface area contributed by atoms with Crippen LogP contribution in [-0.2, 0) is 6.54 Å². The van der Waals surface area contributed by atoms with Crippen molar-refractivity contribution in [3.63, 3.8) is 0 Å². The second-order valence-electron chi connectivity index (χ2n) is 9.09. The van der Waals surface area contributed by atoms with Crippen LogP contribution in [0, 0.1) is 11.8 Å². The number of ether oxygens (including phenoxy) is 4. The zero-order valence-electron chi connectivity index (χ0n) is 20.6. The molecule has 5 rings (SSSR count). The predicted octanol–water partition coefficient (Wildman–Crippen LogP) is 3.49. The van der Waals surface area contributed by atoms with Gasteiger partial charge in [0.1, 0.15) is 12.1 Å². The van der Waals surface area contributed by atoms with Crippen molar-refractivity contribution in [2.75, 3.05) is 20.8 Å². The quantitative estimate of drug-likeness (QED) is 0.428. The molecule has 3 aromatic heterocycles. The van der Waals surface area contributed by atoms with Crippen molar-refractivity contribution in [3.05, 3.63) is 65.7 Å². The van der Waals surface area contributed by atoms with Gasteiger partial charge in [-0.25, -0.2) is 15.0 Å². The van der Waals surface area contributed by atoms with Crippen LogP contribution < -0.4 is 24.7 Å². The smallest absolute Gasteiger partial charge is 0.212 e. The zero-order valence-corrected chi connectivity index (χ0v) is 20.6. The molecule has 0 unspecified atom stereocenters. The Morgan fingerprint density at radius 3 is 2.69 bits per heavy atom. The molecular weight excluding hydrogens is 458 g/mol. The van der Waals surface area contributed by atoms with Crippen LogP contribution in [0.1, 0.15) is 36.6 Å². The molecule has 9 nitrogen and oxygen atoms in total. The molecule has 0 saturated heterocycles. The van der Waals surface area contributed by atoms with Gasteiger partial charge < -0.3 is 29.2 Å². The van der Waals surface area contributed by atoms with Crippen molar-refractivity contribution in [1.29, 1.82) is 0 Å². The van der Waals surface area contributed by atoms with Crippen LogP contribution in [0.5, 0.6) is 23.1 Å². The number of hydrogen-bond acceptors (Lipinski definition) is 8. The van der Waals surface area contributed by atoms with E-state index >= 15 is 0 Å². The van der Waals surface area contributed by atoms with Gasteiger partial charge >= 0.3 is 0 Å². The molecule has 184 valence electrons. The fourth-order valence-corrected chi connectivity index (χ4v) is 3.87. The largest absolute Gasteiger partial charge is 0.493 e. The van der Waals surface area contributed by atoms with Crippen LogP contribution in [0.15, 0.2) is 49.1 Å². The summed E-state index contributed by atoms with van der Waals surface area (Å²) >= 11 is 0. The molecule has 0 aliphatic carbocycles. The van der Waals surface area contributed by atoms with Gasteiger partial charge in [-0.05, 0) is 43.7 Å². The highest BCUT2D eigenvalue weighted by Gasteiger charge is 2.27. The summed E-state index contributed by atoms with van der Waals surface area (Å²) in [4.78, 5) is 13.3. The Balaban J connectivity index is 1.38. The van der Waals surface area contributed by atoms with Gasteiger partial charge in [0.05, 0.1) is 32.6 Å². The van der Waals surface area contributed by atoms with Crippen LogP contribution in [0.3, 0.4) is 0 Å². The van der Waals surface area contributed by atoms with E-state index in [-0.39, 0.29) is 6.10 Å². The Kier molecular flexibility index (Phi) is 6.12. The third-order valence-electron chi connectivity index (χ3n) is 5.63. The molecule has 0 radical (unpaired) electrons. The summed E-state index contributed by atoms with van der Waals surface area (Å²) in [6.45, 7) is 4.60. The van der Waals surface area contributed by atoms with E-state index in [0.29, 0.717) is 36.3 Å². The highest BCUT2D eigenvalue weighted by Crippen LogP contribution is 2.44. The standard InChI is InChI=1S/C27H27N5O4/c1-27(2,28)8-7-17-9-20-26(30-12-17)32(16-31-20)14-18-10-21(33-3)25-22(11-18)35-15-23(36-25)19-5-6-24(34-4)29-13-19/h5-6,9-13,16,23H,14-15,28H2,1-4H3/t23-/m1/s1. The van der Waals surface area contributed by atoms with E-state index in [4.69, 9.17) is 24.7 Å². The van der Waals surface area contributed by atoms with Crippen LogP contribution >= 0.6 is 0 Å². The fourth-order valence-electron chi connectivity index (χ4n) is 3.87. The third kappa shape index (κ3) is 4.90. The van der Waals surface area contributed by atoms with Gasteiger partial charge in [-0.1, -0.05) is 11.8 Å². The van der Waals surface area contributed by atoms with Crippen molar-refractivity contribution < 1.29 is 18.9 Å². The second-order valence-corrected chi connectivity index (χ2v) is 9.09. The molecule has 0 bridgehead atoms. The minimum atomic E-state index is -0.572. The van der Waals surface area contributed by atoms with E-state index in [2.05, 4.69) is 26.8 Å². The van der Waals surface area contributed by atoms with Crippen molar-refractivity contribution in [2.45, 2.75) is 32.0 Å². The normalized spacial score (nSPS) is 14.8. The summed E-state index contributed by atoms with van der Waals surface area (Å²) in [5, 5.41) is 0. The number of rotatable bonds is 5. The molecule has 1 aliphatic heterocycles. The van der Waals surface area contributed by atoms with Crippen molar-refractivity contribution in [2.24, 2.45) is 5.73 Å². The van der Waals surface area contributed by atoms with Crippen LogP contribution in [0.2, 0.25) is 0 Å². The Morgan fingerprint density at radius 2 is 1.97 bits per heavy atom. The number of imidazole rings is 1. The van der Waals surface area contributed by atoms with E-state index in [1.807, 2.05) is 42.7 Å². The van der Waals surface area contributed by atoms with Gasteiger partial charge in [0.15, 0.2) is 23.3 Å². The van der Waals surface area contributed by atoms with Gasteiger partial charge in [-0.15, -0.1) is 0 Å². The minimum Gasteiger partial charge on any atom is -0.493 e. The van der Waals surface area contributed by atoms with E-state index < -0.39 is 5.54 Å². The third-order valence-corrected chi connectivity index (χ3v) is 5.63. The lowest BCUT2D eigenvalue weighted by Crippen LogP contribution is -2.29. The van der Waals surface area contributed by atoms with Crippen molar-refractivity contribution in [1.82, 2.24) is 19.5 Å². The van der Waals surface area contributed by atoms with Crippen molar-refractivity contribution >= 4 is 11.2 Å². The van der Waals surface area contributed by atoms with E-state index in [9.17, 15) is 0 Å². The lowest BCUT2D eigenvalue weighted by Gasteiger charge is -2.28. The summed E-state index contributed by atoms with van der Waals surface area (Å²) in [5.74, 6) is 8.40. The van der Waals surface area contributed by atoms with Gasteiger partial charge in [0, 0.05) is 29.6 Å². The second kappa shape index (κ2) is 9.40. The first kappa shape index (κ1) is 23.5. The fraction of sp³-hybridized carbons (Fsp3) is 0.296. The van der Waals surface area contributed by atoms with Gasteiger partial charge in [0.2, 0.25) is 11.6 Å². The molecule has 9 heteroatoms. The summed E-state index contributed by atoms with van der Waals surface area (Å²) in [5.41, 5.74) is 9.53. The maximum Gasteiger partial charge on any atom is 0.212 e. The first-order valence-corrected chi connectivity index (χ1v) is 11.5. The van der Waals surface area contributed by atoms with E-state index in [0.717, 1.165) is 27.9 Å². The first-order chi connectivity index (χ1) is 17.3. The number of hydrogen-bond donors (Lipinski definition) is 1. The summed E-state index contributed by atoms with van der Waals surface area (Å²) in [6.07, 6.45) is 4.92. The number of methoxy groups -OCH3 is 2. The maximum absolute atomic E-state index is 6.25. The molecular formula is C27H27N5O4. The molecule has 0 saturated carbocycles. The first-order valence-electron chi connectivity index (χ1n) is 11.5. The lowest BCUT2D eigenvalue weighted by atomic mass is 10.1. The monoisotopic (exact) mass is 485 g/mol. The Hall–Kier alpha value is -4.29. The lowest BCUT2D eigenvalue weighted by molar-refractivity contribution is 0.0867. The van der Waals surface area contributed by atoms with Crippen LogP contribution in [0.25, 0.3) is 11.2 Å². The van der Waals surface area contributed by atoms with Gasteiger partial charge in [-0.3, -0.25) is 0 Å². The predicted molar refractivity (Wildman–Crippen MR) is 134 cm³/mol. The van der Waals surface area contributed by atoms with E-state index in [1.54, 1.807) is 39.0 Å². The molecule has 4 heterocycles. The molecule has 1 atom stereocenters. The number of nitrogens with two attached hydrogens (primary N) is 1. The molecule has 4 aromatic rings. The summed E-state index contributed by atoms with van der Waals surface area (Å²) in [7, 11) is 3.19. The number of aromatic nitrogens is 4. The molecule has 0 fully saturated rings. The summed E-state index contributed by atoms with van der Waals surface area (Å²) in [6, 6.07) is 9.51. The number of fused-ring (bicyclic) bond motifs is 2. The molecule has 2 N–H and O–H groups in total. The topological polar surface area (TPSA) is 107 Å². The molecule has 36 heavy (non-hydrogen) atoms. The molecule has 0 spiro atoms. The minimum absolute atomic E-state index is 0.306. The van der Waals surface area contributed by atoms with Crippen molar-refractivity contribution in [3.8, 4) is 35.0 Å². The number of nitrogens with zero attached hydrogens (tertiary/aromatic N) is 4. The maximum atomic E-state index is 6.25. The van der Waals surface area contributed by atoms with Gasteiger partial charge in [-0.2, -0.15) is 0 Å². The highest BCUT2D eigenvalue weighted by atomic mass is 16.6. The molecule has 1 aromatic carbocycles. The zero-order chi connectivity index (χ0) is 25.3. The number of pyridine rings is 2. The number of benzene rings is 1. The van der Waals surface area contributed by atoms with Crippen LogP contribution in [-0.4, -0.2) is 45.9 Å². The Morgan fingerprint density at radius 1 is 1.11 bits per heavy atom. The Labute approximate surface area is 209 Å². The highest BCUT2D eigenvalue weighted by molar-refractivity contribution is 5.72. The van der Waals surface area contributed by atoms with E-state index in [1.165, 1.54) is 0 Å². The SMILES string of the molecule is COc1ccc([C@H]2COc3cc(Cn4cnc5cc(C#CC(C)(C)N)cnc54)cc(OC)c3O2)cn1. The molecule has 1 aliphatic rings. The van der Waals surface area contributed by atoms with Gasteiger partial charge in [0.25, 0.3) is 0 Å². The average Bonchev–Trinajstić information content (AvgIpc) is 3.28. The van der Waals surface area contributed by atoms with Crippen LogP contribution in [0.4, 0.5) is 0 Å².